The van der Waals surface area contributed by atoms with Crippen LogP contribution in [0.15, 0.2) is 0 Å². The van der Waals surface area contributed by atoms with Crippen LogP contribution < -0.4 is 5.73 Å². The van der Waals surface area contributed by atoms with Gasteiger partial charge in [-0.3, -0.25) is 0 Å². The van der Waals surface area contributed by atoms with E-state index in [2.05, 4.69) is 6.92 Å². The molecular formula is C5H12ClN. The molecule has 1 nitrogen and oxygen atoms in total. The Kier molecular flexibility index (Phi) is 2.62. The number of halogens is 1. The van der Waals surface area contributed by atoms with E-state index in [0.717, 1.165) is 5.92 Å². The highest BCUT2D eigenvalue weighted by atomic mass is 35.5. The highest BCUT2D eigenvalue weighted by Crippen LogP contribution is 2.30. The first-order chi connectivity index (χ1) is 2.84. The summed E-state index contributed by atoms with van der Waals surface area (Å²) >= 11 is 0. The first-order valence-electron chi connectivity index (χ1n) is 2.60. The van der Waals surface area contributed by atoms with Gasteiger partial charge in [0.2, 0.25) is 0 Å². The normalized spacial score (nSPS) is 36.9. The molecule has 2 N–H and O–H groups in total. The average Bonchev–Trinajstić information content (AvgIpc) is 2.19. The molecule has 2 heteroatoms. The van der Waals surface area contributed by atoms with Crippen molar-refractivity contribution in [2.75, 3.05) is 0 Å². The van der Waals surface area contributed by atoms with Gasteiger partial charge < -0.3 is 5.73 Å². The van der Waals surface area contributed by atoms with Gasteiger partial charge in [0.05, 0.1) is 0 Å². The van der Waals surface area contributed by atoms with Crippen molar-refractivity contribution in [2.24, 2.45) is 11.7 Å². The number of nitrogens with two attached hydrogens (primary N) is 1. The standard InChI is InChI=1S/C5H11N.ClH/c1-2-4-3-5(4)6;/h4-5H,2-3,6H2,1H3;1H. The van der Waals surface area contributed by atoms with E-state index in [0.29, 0.717) is 6.04 Å². The summed E-state index contributed by atoms with van der Waals surface area (Å²) in [7, 11) is 0. The fraction of sp³-hybridized carbons (Fsp3) is 1.00. The fourth-order valence-corrected chi connectivity index (χ4v) is 0.740. The molecule has 0 aromatic heterocycles. The van der Waals surface area contributed by atoms with E-state index >= 15 is 0 Å². The van der Waals surface area contributed by atoms with Crippen LogP contribution in [0.2, 0.25) is 0 Å². The maximum Gasteiger partial charge on any atom is 0.00708 e. The maximum atomic E-state index is 5.48. The van der Waals surface area contributed by atoms with E-state index in [1.807, 2.05) is 0 Å². The first-order valence-corrected chi connectivity index (χ1v) is 2.60. The quantitative estimate of drug-likeness (QED) is 0.554. The minimum absolute atomic E-state index is 0. The van der Waals surface area contributed by atoms with Gasteiger partial charge in [0.1, 0.15) is 0 Å². The minimum atomic E-state index is 0. The van der Waals surface area contributed by atoms with Crippen LogP contribution in [0.25, 0.3) is 0 Å². The predicted molar refractivity (Wildman–Crippen MR) is 33.6 cm³/mol. The first kappa shape index (κ1) is 7.25. The third-order valence-corrected chi connectivity index (χ3v) is 1.50. The Balaban J connectivity index is 0.000000360. The van der Waals surface area contributed by atoms with Crippen LogP contribution in [-0.2, 0) is 0 Å². The largest absolute Gasteiger partial charge is 0.327 e. The maximum absolute atomic E-state index is 5.48. The molecule has 0 bridgehead atoms. The molecule has 0 heterocycles. The molecule has 0 amide bonds. The molecule has 0 aromatic rings. The van der Waals surface area contributed by atoms with Crippen LogP contribution >= 0.6 is 12.4 Å². The summed E-state index contributed by atoms with van der Waals surface area (Å²) in [6.45, 7) is 2.19. The van der Waals surface area contributed by atoms with Crippen molar-refractivity contribution in [3.05, 3.63) is 0 Å². The Bertz CT molecular complexity index is 54.0. The Morgan fingerprint density at radius 2 is 2.14 bits per heavy atom. The molecular weight excluding hydrogens is 110 g/mol. The molecule has 0 aliphatic heterocycles. The third kappa shape index (κ3) is 1.66. The molecule has 2 unspecified atom stereocenters. The molecule has 2 atom stereocenters. The second kappa shape index (κ2) is 2.53. The molecule has 0 saturated heterocycles. The summed E-state index contributed by atoms with van der Waals surface area (Å²) in [4.78, 5) is 0. The zero-order valence-corrected chi connectivity index (χ0v) is 5.37. The third-order valence-electron chi connectivity index (χ3n) is 1.50. The topological polar surface area (TPSA) is 26.0 Å². The van der Waals surface area contributed by atoms with Crippen molar-refractivity contribution < 1.29 is 0 Å². The lowest BCUT2D eigenvalue weighted by Crippen LogP contribution is -2.00. The molecule has 1 saturated carbocycles. The Morgan fingerprint density at radius 1 is 1.71 bits per heavy atom. The molecule has 44 valence electrons. The second-order valence-corrected chi connectivity index (χ2v) is 2.07. The van der Waals surface area contributed by atoms with E-state index in [-0.39, 0.29) is 12.4 Å². The van der Waals surface area contributed by atoms with Crippen molar-refractivity contribution in [3.8, 4) is 0 Å². The summed E-state index contributed by atoms with van der Waals surface area (Å²) in [6, 6.07) is 0.565. The van der Waals surface area contributed by atoms with Gasteiger partial charge in [-0.25, -0.2) is 0 Å². The molecule has 1 aliphatic rings. The van der Waals surface area contributed by atoms with Gasteiger partial charge in [-0.05, 0) is 12.3 Å². The fourth-order valence-electron chi connectivity index (χ4n) is 0.740. The van der Waals surface area contributed by atoms with E-state index in [4.69, 9.17) is 5.73 Å². The molecule has 0 radical (unpaired) electrons. The highest BCUT2D eigenvalue weighted by Gasteiger charge is 2.30. The Labute approximate surface area is 50.7 Å². The summed E-state index contributed by atoms with van der Waals surface area (Å²) < 4.78 is 0. The molecule has 1 fully saturated rings. The van der Waals surface area contributed by atoms with E-state index in [1.54, 1.807) is 0 Å². The molecule has 0 spiro atoms. The minimum Gasteiger partial charge on any atom is -0.327 e. The predicted octanol–water partition coefficient (Wildman–Crippen LogP) is 1.17. The van der Waals surface area contributed by atoms with E-state index in [1.165, 1.54) is 12.8 Å². The van der Waals surface area contributed by atoms with Gasteiger partial charge in [-0.1, -0.05) is 13.3 Å². The van der Waals surface area contributed by atoms with E-state index < -0.39 is 0 Å². The monoisotopic (exact) mass is 121 g/mol. The lowest BCUT2D eigenvalue weighted by atomic mass is 10.3. The molecule has 1 aliphatic carbocycles. The van der Waals surface area contributed by atoms with Crippen LogP contribution in [0, 0.1) is 5.92 Å². The second-order valence-electron chi connectivity index (χ2n) is 2.07. The summed E-state index contributed by atoms with van der Waals surface area (Å²) in [5.74, 6) is 0.880. The van der Waals surface area contributed by atoms with Gasteiger partial charge in [0.25, 0.3) is 0 Å². The van der Waals surface area contributed by atoms with Crippen molar-refractivity contribution >= 4 is 12.4 Å². The van der Waals surface area contributed by atoms with Crippen molar-refractivity contribution in [2.45, 2.75) is 25.8 Å². The number of rotatable bonds is 1. The Hall–Kier alpha value is 0.250. The van der Waals surface area contributed by atoms with Crippen molar-refractivity contribution in [1.82, 2.24) is 0 Å². The lowest BCUT2D eigenvalue weighted by molar-refractivity contribution is 0.759. The zero-order valence-electron chi connectivity index (χ0n) is 4.55. The molecule has 1 rings (SSSR count). The van der Waals surface area contributed by atoms with Crippen LogP contribution in [0.3, 0.4) is 0 Å². The smallest absolute Gasteiger partial charge is 0.00708 e. The average molecular weight is 122 g/mol. The molecule has 7 heavy (non-hydrogen) atoms. The van der Waals surface area contributed by atoms with Gasteiger partial charge in [-0.2, -0.15) is 0 Å². The van der Waals surface area contributed by atoms with Crippen LogP contribution in [-0.4, -0.2) is 6.04 Å². The SMILES string of the molecule is CCC1CC1N.Cl. The van der Waals surface area contributed by atoms with Crippen LogP contribution in [0.5, 0.6) is 0 Å². The van der Waals surface area contributed by atoms with Crippen LogP contribution in [0.4, 0.5) is 0 Å². The number of hydrogen-bond donors (Lipinski definition) is 1. The zero-order chi connectivity index (χ0) is 4.57. The Morgan fingerprint density at radius 3 is 2.14 bits per heavy atom. The summed E-state index contributed by atoms with van der Waals surface area (Å²) in [5.41, 5.74) is 5.48. The molecule has 0 aromatic carbocycles. The van der Waals surface area contributed by atoms with Crippen LogP contribution in [0.1, 0.15) is 19.8 Å². The summed E-state index contributed by atoms with van der Waals surface area (Å²) in [5, 5.41) is 0. The van der Waals surface area contributed by atoms with E-state index in [9.17, 15) is 0 Å². The van der Waals surface area contributed by atoms with Gasteiger partial charge in [-0.15, -0.1) is 12.4 Å². The van der Waals surface area contributed by atoms with Gasteiger partial charge >= 0.3 is 0 Å². The number of hydrogen-bond acceptors (Lipinski definition) is 1. The van der Waals surface area contributed by atoms with Crippen molar-refractivity contribution in [1.29, 1.82) is 0 Å². The highest BCUT2D eigenvalue weighted by molar-refractivity contribution is 5.85. The van der Waals surface area contributed by atoms with Gasteiger partial charge in [0, 0.05) is 6.04 Å². The lowest BCUT2D eigenvalue weighted by Gasteiger charge is -1.79. The van der Waals surface area contributed by atoms with Crippen molar-refractivity contribution in [3.63, 3.8) is 0 Å². The van der Waals surface area contributed by atoms with Gasteiger partial charge in [0.15, 0.2) is 0 Å². The summed E-state index contributed by atoms with van der Waals surface area (Å²) in [6.07, 6.45) is 2.55.